The number of hydrogen-bond donors (Lipinski definition) is 1. The molecule has 0 spiro atoms. The Bertz CT molecular complexity index is 404. The van der Waals surface area contributed by atoms with Crippen LogP contribution in [0.25, 0.3) is 0 Å². The van der Waals surface area contributed by atoms with Crippen LogP contribution in [0, 0.1) is 23.5 Å². The van der Waals surface area contributed by atoms with E-state index in [1.54, 1.807) is 0 Å². The van der Waals surface area contributed by atoms with Gasteiger partial charge in [0.1, 0.15) is 11.6 Å². The van der Waals surface area contributed by atoms with Crippen LogP contribution in [0.5, 0.6) is 0 Å². The summed E-state index contributed by atoms with van der Waals surface area (Å²) in [5.41, 5.74) is 0.394. The van der Waals surface area contributed by atoms with E-state index in [9.17, 15) is 13.6 Å². The van der Waals surface area contributed by atoms with E-state index >= 15 is 0 Å². The summed E-state index contributed by atoms with van der Waals surface area (Å²) in [6.45, 7) is 0. The Labute approximate surface area is 85.5 Å². The van der Waals surface area contributed by atoms with E-state index in [0.29, 0.717) is 18.4 Å². The Morgan fingerprint density at radius 2 is 2.20 bits per heavy atom. The molecule has 0 radical (unpaired) electrons. The van der Waals surface area contributed by atoms with E-state index in [1.165, 1.54) is 12.1 Å². The zero-order valence-electron chi connectivity index (χ0n) is 7.91. The molecule has 1 aromatic rings. The fourth-order valence-electron chi connectivity index (χ4n) is 1.75. The highest BCUT2D eigenvalue weighted by Gasteiger charge is 2.43. The average Bonchev–Trinajstić information content (AvgIpc) is 2.89. The minimum atomic E-state index is -0.831. The molecule has 1 fully saturated rings. The molecule has 15 heavy (non-hydrogen) atoms. The van der Waals surface area contributed by atoms with E-state index in [2.05, 4.69) is 0 Å². The number of carboxylic acids is 1. The topological polar surface area (TPSA) is 37.3 Å². The lowest BCUT2D eigenvalue weighted by Gasteiger charge is -2.01. The van der Waals surface area contributed by atoms with Crippen molar-refractivity contribution in [3.8, 4) is 0 Å². The normalized spacial score (nSPS) is 23.9. The molecule has 1 aliphatic rings. The van der Waals surface area contributed by atoms with Crippen LogP contribution < -0.4 is 0 Å². The van der Waals surface area contributed by atoms with Gasteiger partial charge in [0.15, 0.2) is 0 Å². The largest absolute Gasteiger partial charge is 0.481 e. The second-order valence-electron chi connectivity index (χ2n) is 3.88. The Kier molecular flexibility index (Phi) is 2.42. The summed E-state index contributed by atoms with van der Waals surface area (Å²) in [5.74, 6) is -2.38. The first-order valence-electron chi connectivity index (χ1n) is 4.74. The summed E-state index contributed by atoms with van der Waals surface area (Å²) in [7, 11) is 0. The van der Waals surface area contributed by atoms with Crippen LogP contribution in [0.4, 0.5) is 8.78 Å². The van der Waals surface area contributed by atoms with Crippen LogP contribution in [-0.4, -0.2) is 11.1 Å². The van der Waals surface area contributed by atoms with E-state index in [1.807, 2.05) is 0 Å². The molecular weight excluding hydrogens is 202 g/mol. The molecule has 2 nitrogen and oxygen atoms in total. The fourth-order valence-corrected chi connectivity index (χ4v) is 1.75. The molecule has 80 valence electrons. The molecule has 4 heteroatoms. The number of benzene rings is 1. The van der Waals surface area contributed by atoms with Crippen LogP contribution in [0.15, 0.2) is 18.2 Å². The Hall–Kier alpha value is -1.45. The molecule has 1 aromatic carbocycles. The molecule has 2 rings (SSSR count). The van der Waals surface area contributed by atoms with Crippen molar-refractivity contribution in [2.24, 2.45) is 11.8 Å². The molecule has 1 aliphatic carbocycles. The van der Waals surface area contributed by atoms with Gasteiger partial charge in [-0.2, -0.15) is 0 Å². The summed E-state index contributed by atoms with van der Waals surface area (Å²) in [6, 6.07) is 3.39. The molecular formula is C11H10F2O2. The van der Waals surface area contributed by atoms with Gasteiger partial charge in [-0.3, -0.25) is 4.79 Å². The first-order chi connectivity index (χ1) is 7.08. The molecule has 0 heterocycles. The minimum Gasteiger partial charge on any atom is -0.481 e. The number of aliphatic carboxylic acids is 1. The SMILES string of the molecule is O=C(O)[C@@H]1C[C@@H]1Cc1ccc(F)cc1F. The Balaban J connectivity index is 2.04. The molecule has 2 atom stereocenters. The average molecular weight is 212 g/mol. The van der Waals surface area contributed by atoms with E-state index in [4.69, 9.17) is 5.11 Å². The van der Waals surface area contributed by atoms with Gasteiger partial charge in [-0.25, -0.2) is 8.78 Å². The van der Waals surface area contributed by atoms with Crippen molar-refractivity contribution in [3.05, 3.63) is 35.4 Å². The zero-order valence-corrected chi connectivity index (χ0v) is 7.91. The first-order valence-corrected chi connectivity index (χ1v) is 4.74. The highest BCUT2D eigenvalue weighted by molar-refractivity contribution is 5.73. The molecule has 0 bridgehead atoms. The molecule has 0 saturated heterocycles. The van der Waals surface area contributed by atoms with Gasteiger partial charge in [-0.1, -0.05) is 6.07 Å². The molecule has 0 unspecified atom stereocenters. The van der Waals surface area contributed by atoms with Crippen molar-refractivity contribution >= 4 is 5.97 Å². The molecule has 0 aliphatic heterocycles. The second-order valence-corrected chi connectivity index (χ2v) is 3.88. The summed E-state index contributed by atoms with van der Waals surface area (Å²) >= 11 is 0. The van der Waals surface area contributed by atoms with Gasteiger partial charge in [-0.05, 0) is 30.4 Å². The lowest BCUT2D eigenvalue weighted by molar-refractivity contribution is -0.138. The van der Waals surface area contributed by atoms with Crippen LogP contribution in [0.3, 0.4) is 0 Å². The van der Waals surface area contributed by atoms with E-state index in [0.717, 1.165) is 6.07 Å². The Morgan fingerprint density at radius 3 is 2.73 bits per heavy atom. The van der Waals surface area contributed by atoms with Gasteiger partial charge >= 0.3 is 5.97 Å². The van der Waals surface area contributed by atoms with Crippen LogP contribution in [0.2, 0.25) is 0 Å². The maximum absolute atomic E-state index is 13.2. The smallest absolute Gasteiger partial charge is 0.306 e. The van der Waals surface area contributed by atoms with Gasteiger partial charge in [0.05, 0.1) is 5.92 Å². The van der Waals surface area contributed by atoms with Crippen LogP contribution in [0.1, 0.15) is 12.0 Å². The molecule has 1 saturated carbocycles. The van der Waals surface area contributed by atoms with Crippen LogP contribution >= 0.6 is 0 Å². The number of carboxylic acid groups (broad SMARTS) is 1. The van der Waals surface area contributed by atoms with Crippen LogP contribution in [-0.2, 0) is 11.2 Å². The van der Waals surface area contributed by atoms with Gasteiger partial charge in [0, 0.05) is 6.07 Å². The van der Waals surface area contributed by atoms with Gasteiger partial charge < -0.3 is 5.11 Å². The maximum Gasteiger partial charge on any atom is 0.306 e. The maximum atomic E-state index is 13.2. The van der Waals surface area contributed by atoms with Crippen molar-refractivity contribution in [1.82, 2.24) is 0 Å². The second kappa shape index (κ2) is 3.61. The predicted molar refractivity (Wildman–Crippen MR) is 49.3 cm³/mol. The lowest BCUT2D eigenvalue weighted by atomic mass is 10.1. The Morgan fingerprint density at radius 1 is 1.47 bits per heavy atom. The number of carbonyl (C=O) groups is 1. The van der Waals surface area contributed by atoms with Gasteiger partial charge in [0.25, 0.3) is 0 Å². The standard InChI is InChI=1S/C11H10F2O2/c12-8-2-1-6(10(13)5-8)3-7-4-9(7)11(14)15/h1-2,5,7,9H,3-4H2,(H,14,15)/t7-,9+/m0/s1. The van der Waals surface area contributed by atoms with Crippen molar-refractivity contribution in [3.63, 3.8) is 0 Å². The van der Waals surface area contributed by atoms with E-state index in [-0.39, 0.29) is 11.8 Å². The minimum absolute atomic E-state index is 0.00228. The summed E-state index contributed by atoms with van der Waals surface area (Å²) in [6.07, 6.45) is 0.967. The predicted octanol–water partition coefficient (Wildman–Crippen LogP) is 2.23. The van der Waals surface area contributed by atoms with Crippen molar-refractivity contribution < 1.29 is 18.7 Å². The third-order valence-electron chi connectivity index (χ3n) is 2.74. The first kappa shape index (κ1) is 10.1. The van der Waals surface area contributed by atoms with Gasteiger partial charge in [-0.15, -0.1) is 0 Å². The highest BCUT2D eigenvalue weighted by Crippen LogP contribution is 2.41. The third kappa shape index (κ3) is 2.14. The number of hydrogen-bond acceptors (Lipinski definition) is 1. The summed E-state index contributed by atoms with van der Waals surface area (Å²) < 4.78 is 25.8. The number of halogens is 2. The zero-order chi connectivity index (χ0) is 11.0. The number of rotatable bonds is 3. The van der Waals surface area contributed by atoms with Crippen molar-refractivity contribution in [1.29, 1.82) is 0 Å². The molecule has 0 aromatic heterocycles. The summed E-state index contributed by atoms with van der Waals surface area (Å²) in [5, 5.41) is 8.66. The quantitative estimate of drug-likeness (QED) is 0.834. The molecule has 0 amide bonds. The fraction of sp³-hybridized carbons (Fsp3) is 0.364. The lowest BCUT2D eigenvalue weighted by Crippen LogP contribution is -2.02. The monoisotopic (exact) mass is 212 g/mol. The van der Waals surface area contributed by atoms with E-state index < -0.39 is 17.6 Å². The van der Waals surface area contributed by atoms with Gasteiger partial charge in [0.2, 0.25) is 0 Å². The summed E-state index contributed by atoms with van der Waals surface area (Å²) in [4.78, 5) is 10.5. The molecule has 1 N–H and O–H groups in total. The highest BCUT2D eigenvalue weighted by atomic mass is 19.1. The van der Waals surface area contributed by atoms with Crippen molar-refractivity contribution in [2.75, 3.05) is 0 Å². The third-order valence-corrected chi connectivity index (χ3v) is 2.74. The van der Waals surface area contributed by atoms with Crippen molar-refractivity contribution in [2.45, 2.75) is 12.8 Å².